The summed E-state index contributed by atoms with van der Waals surface area (Å²) >= 11 is 0. The molecule has 2 aliphatic rings. The van der Waals surface area contributed by atoms with Crippen LogP contribution in [0.3, 0.4) is 0 Å². The molecule has 0 spiro atoms. The van der Waals surface area contributed by atoms with E-state index in [0.717, 1.165) is 32.3 Å². The second kappa shape index (κ2) is 6.08. The van der Waals surface area contributed by atoms with Crippen molar-refractivity contribution in [3.05, 3.63) is 0 Å². The van der Waals surface area contributed by atoms with E-state index >= 15 is 0 Å². The molecular formula is C15H31N3O. The Bertz CT molecular complexity index is 293. The molecule has 0 amide bonds. The van der Waals surface area contributed by atoms with E-state index in [9.17, 15) is 0 Å². The Balaban J connectivity index is 2.11. The van der Waals surface area contributed by atoms with Crippen LogP contribution >= 0.6 is 0 Å². The van der Waals surface area contributed by atoms with Gasteiger partial charge in [-0.2, -0.15) is 0 Å². The van der Waals surface area contributed by atoms with Gasteiger partial charge in [0.2, 0.25) is 0 Å². The van der Waals surface area contributed by atoms with E-state index in [1.54, 1.807) is 7.11 Å². The average molecular weight is 269 g/mol. The van der Waals surface area contributed by atoms with Crippen molar-refractivity contribution in [1.82, 2.24) is 9.80 Å². The minimum absolute atomic E-state index is 0.148. The van der Waals surface area contributed by atoms with Crippen LogP contribution in [0.2, 0.25) is 0 Å². The first-order chi connectivity index (χ1) is 9.04. The van der Waals surface area contributed by atoms with E-state index in [4.69, 9.17) is 10.5 Å². The summed E-state index contributed by atoms with van der Waals surface area (Å²) in [4.78, 5) is 5.27. The van der Waals surface area contributed by atoms with Crippen LogP contribution in [0, 0.1) is 0 Å². The maximum atomic E-state index is 6.22. The third-order valence-corrected chi connectivity index (χ3v) is 4.88. The molecule has 1 aliphatic carbocycles. The zero-order valence-corrected chi connectivity index (χ0v) is 13.1. The molecule has 1 saturated heterocycles. The Kier molecular flexibility index (Phi) is 4.88. The third kappa shape index (κ3) is 3.13. The summed E-state index contributed by atoms with van der Waals surface area (Å²) in [6.07, 6.45) is 3.96. The molecule has 2 unspecified atom stereocenters. The lowest BCUT2D eigenvalue weighted by Gasteiger charge is -2.43. The van der Waals surface area contributed by atoms with Crippen LogP contribution in [0.15, 0.2) is 0 Å². The monoisotopic (exact) mass is 269 g/mol. The molecule has 2 rings (SSSR count). The maximum absolute atomic E-state index is 6.22. The molecule has 112 valence electrons. The number of hydrogen-bond acceptors (Lipinski definition) is 4. The number of methoxy groups -OCH3 is 1. The van der Waals surface area contributed by atoms with Crippen molar-refractivity contribution >= 4 is 0 Å². The lowest BCUT2D eigenvalue weighted by molar-refractivity contribution is 0.0384. The second-order valence-electron chi connectivity index (χ2n) is 6.67. The summed E-state index contributed by atoms with van der Waals surface area (Å²) < 4.78 is 5.29. The molecule has 4 nitrogen and oxygen atoms in total. The Hall–Kier alpha value is -0.160. The van der Waals surface area contributed by atoms with Crippen molar-refractivity contribution in [3.8, 4) is 0 Å². The normalized spacial score (nSPS) is 32.7. The van der Waals surface area contributed by atoms with E-state index in [2.05, 4.69) is 30.6 Å². The standard InChI is InChI=1S/C15H31N3O/c1-12(2)18(7-8-19-4)15(10-16)9-13(3)17(11-15)14-5-6-14/h12-14H,5-11,16H2,1-4H3. The number of rotatable bonds is 7. The molecule has 0 aromatic rings. The fourth-order valence-corrected chi connectivity index (χ4v) is 3.83. The summed E-state index contributed by atoms with van der Waals surface area (Å²) in [7, 11) is 1.78. The van der Waals surface area contributed by atoms with Crippen molar-refractivity contribution in [2.75, 3.05) is 33.4 Å². The van der Waals surface area contributed by atoms with E-state index in [-0.39, 0.29) is 5.54 Å². The first kappa shape index (κ1) is 15.2. The van der Waals surface area contributed by atoms with E-state index in [0.29, 0.717) is 12.1 Å². The van der Waals surface area contributed by atoms with Gasteiger partial charge in [-0.05, 0) is 40.0 Å². The molecule has 2 N–H and O–H groups in total. The number of ether oxygens (including phenoxy) is 1. The van der Waals surface area contributed by atoms with Gasteiger partial charge in [-0.1, -0.05) is 0 Å². The predicted molar refractivity (Wildman–Crippen MR) is 79.3 cm³/mol. The van der Waals surface area contributed by atoms with Crippen molar-refractivity contribution < 1.29 is 4.74 Å². The fourth-order valence-electron chi connectivity index (χ4n) is 3.83. The Labute approximate surface area is 118 Å². The zero-order chi connectivity index (χ0) is 14.0. The Morgan fingerprint density at radius 1 is 1.42 bits per heavy atom. The molecule has 2 atom stereocenters. The third-order valence-electron chi connectivity index (χ3n) is 4.88. The highest BCUT2D eigenvalue weighted by molar-refractivity contribution is 5.07. The number of hydrogen-bond donors (Lipinski definition) is 1. The zero-order valence-electron chi connectivity index (χ0n) is 13.1. The van der Waals surface area contributed by atoms with E-state index in [1.165, 1.54) is 19.3 Å². The Morgan fingerprint density at radius 2 is 2.11 bits per heavy atom. The van der Waals surface area contributed by atoms with Gasteiger partial charge in [0.05, 0.1) is 6.61 Å². The van der Waals surface area contributed by atoms with Gasteiger partial charge >= 0.3 is 0 Å². The summed E-state index contributed by atoms with van der Waals surface area (Å²) in [6, 6.07) is 2.02. The highest BCUT2D eigenvalue weighted by Crippen LogP contribution is 2.40. The highest BCUT2D eigenvalue weighted by Gasteiger charge is 2.49. The maximum Gasteiger partial charge on any atom is 0.0590 e. The van der Waals surface area contributed by atoms with Crippen LogP contribution in [0.4, 0.5) is 0 Å². The molecule has 2 fully saturated rings. The molecule has 4 heteroatoms. The summed E-state index contributed by atoms with van der Waals surface area (Å²) in [6.45, 7) is 10.6. The topological polar surface area (TPSA) is 41.7 Å². The van der Waals surface area contributed by atoms with Crippen LogP contribution < -0.4 is 5.73 Å². The van der Waals surface area contributed by atoms with Crippen LogP contribution in [0.1, 0.15) is 40.0 Å². The minimum Gasteiger partial charge on any atom is -0.383 e. The van der Waals surface area contributed by atoms with Crippen LogP contribution in [0.25, 0.3) is 0 Å². The van der Waals surface area contributed by atoms with Crippen molar-refractivity contribution in [2.45, 2.75) is 63.7 Å². The van der Waals surface area contributed by atoms with Crippen molar-refractivity contribution in [3.63, 3.8) is 0 Å². The second-order valence-corrected chi connectivity index (χ2v) is 6.67. The van der Waals surface area contributed by atoms with Crippen LogP contribution in [-0.4, -0.2) is 66.8 Å². The largest absolute Gasteiger partial charge is 0.383 e. The first-order valence-electron chi connectivity index (χ1n) is 7.75. The molecule has 0 radical (unpaired) electrons. The fraction of sp³-hybridized carbons (Fsp3) is 1.00. The average Bonchev–Trinajstić information content (AvgIpc) is 3.15. The van der Waals surface area contributed by atoms with E-state index < -0.39 is 0 Å². The van der Waals surface area contributed by atoms with Crippen LogP contribution in [-0.2, 0) is 4.74 Å². The summed E-state index contributed by atoms with van der Waals surface area (Å²) in [5.41, 5.74) is 6.36. The van der Waals surface area contributed by atoms with Gasteiger partial charge in [-0.3, -0.25) is 9.80 Å². The molecular weight excluding hydrogens is 238 g/mol. The molecule has 0 bridgehead atoms. The summed E-state index contributed by atoms with van der Waals surface area (Å²) in [5.74, 6) is 0. The molecule has 0 aromatic carbocycles. The van der Waals surface area contributed by atoms with Gasteiger partial charge in [0.15, 0.2) is 0 Å². The number of nitrogens with zero attached hydrogens (tertiary/aromatic N) is 2. The number of likely N-dealkylation sites (tertiary alicyclic amines) is 1. The molecule has 0 aromatic heterocycles. The molecule has 1 aliphatic heterocycles. The molecule has 19 heavy (non-hydrogen) atoms. The summed E-state index contributed by atoms with van der Waals surface area (Å²) in [5, 5.41) is 0. The Morgan fingerprint density at radius 3 is 2.58 bits per heavy atom. The van der Waals surface area contributed by atoms with Crippen LogP contribution in [0.5, 0.6) is 0 Å². The van der Waals surface area contributed by atoms with Crippen molar-refractivity contribution in [2.24, 2.45) is 5.73 Å². The number of nitrogens with two attached hydrogens (primary N) is 1. The molecule has 1 heterocycles. The van der Waals surface area contributed by atoms with Gasteiger partial charge in [-0.15, -0.1) is 0 Å². The van der Waals surface area contributed by atoms with Gasteiger partial charge in [-0.25, -0.2) is 0 Å². The SMILES string of the molecule is COCCN(C(C)C)C1(CN)CC(C)N(C2CC2)C1. The highest BCUT2D eigenvalue weighted by atomic mass is 16.5. The van der Waals surface area contributed by atoms with E-state index in [1.807, 2.05) is 0 Å². The predicted octanol–water partition coefficient (Wildman–Crippen LogP) is 1.30. The van der Waals surface area contributed by atoms with Gasteiger partial charge < -0.3 is 10.5 Å². The van der Waals surface area contributed by atoms with Gasteiger partial charge in [0, 0.05) is 50.4 Å². The quantitative estimate of drug-likeness (QED) is 0.756. The minimum atomic E-state index is 0.148. The van der Waals surface area contributed by atoms with Gasteiger partial charge in [0.1, 0.15) is 0 Å². The smallest absolute Gasteiger partial charge is 0.0590 e. The lowest BCUT2D eigenvalue weighted by atomic mass is 9.92. The first-order valence-corrected chi connectivity index (χ1v) is 7.75. The van der Waals surface area contributed by atoms with Crippen molar-refractivity contribution in [1.29, 1.82) is 0 Å². The van der Waals surface area contributed by atoms with Gasteiger partial charge in [0.25, 0.3) is 0 Å². The molecule has 1 saturated carbocycles. The lowest BCUT2D eigenvalue weighted by Crippen LogP contribution is -2.59.